The molecule has 6 heteroatoms. The van der Waals surface area contributed by atoms with Gasteiger partial charge in [0.05, 0.1) is 25.8 Å². The highest BCUT2D eigenvalue weighted by atomic mass is 19.1. The van der Waals surface area contributed by atoms with Crippen LogP contribution in [0.1, 0.15) is 34.5 Å². The zero-order chi connectivity index (χ0) is 19.4. The van der Waals surface area contributed by atoms with Crippen LogP contribution in [0.3, 0.4) is 0 Å². The summed E-state index contributed by atoms with van der Waals surface area (Å²) in [5.41, 5.74) is 2.27. The number of aryl methyl sites for hydroxylation is 1. The molecule has 0 aromatic heterocycles. The Morgan fingerprint density at radius 3 is 2.48 bits per heavy atom. The molecule has 5 nitrogen and oxygen atoms in total. The van der Waals surface area contributed by atoms with Crippen molar-refractivity contribution in [2.75, 3.05) is 33.9 Å². The van der Waals surface area contributed by atoms with Crippen LogP contribution in [0.2, 0.25) is 0 Å². The van der Waals surface area contributed by atoms with Crippen molar-refractivity contribution in [1.82, 2.24) is 10.2 Å². The third kappa shape index (κ3) is 3.90. The van der Waals surface area contributed by atoms with Gasteiger partial charge in [0, 0.05) is 25.7 Å². The molecule has 0 aliphatic carbocycles. The fourth-order valence-corrected chi connectivity index (χ4v) is 3.39. The van der Waals surface area contributed by atoms with Crippen molar-refractivity contribution in [3.05, 3.63) is 58.9 Å². The largest absolute Gasteiger partial charge is 0.493 e. The molecule has 1 saturated heterocycles. The first-order chi connectivity index (χ1) is 13.1. The van der Waals surface area contributed by atoms with Gasteiger partial charge < -0.3 is 19.7 Å². The lowest BCUT2D eigenvalue weighted by Gasteiger charge is -2.37. The number of carbonyl (C=O) groups excluding carboxylic acids is 1. The van der Waals surface area contributed by atoms with Gasteiger partial charge in [0.25, 0.3) is 5.91 Å². The minimum absolute atomic E-state index is 0.00951. The van der Waals surface area contributed by atoms with Gasteiger partial charge in [0.15, 0.2) is 11.5 Å². The average molecular weight is 372 g/mol. The molecule has 1 atom stereocenters. The van der Waals surface area contributed by atoms with Crippen LogP contribution in [0.5, 0.6) is 11.5 Å². The number of benzene rings is 2. The number of piperazine rings is 1. The number of ether oxygens (including phenoxy) is 2. The Hall–Kier alpha value is -2.60. The van der Waals surface area contributed by atoms with E-state index in [2.05, 4.69) is 24.4 Å². The van der Waals surface area contributed by atoms with Crippen molar-refractivity contribution in [2.45, 2.75) is 19.4 Å². The van der Waals surface area contributed by atoms with Crippen LogP contribution < -0.4 is 14.8 Å². The van der Waals surface area contributed by atoms with Gasteiger partial charge in [-0.05, 0) is 23.6 Å². The molecule has 144 valence electrons. The Morgan fingerprint density at radius 1 is 1.19 bits per heavy atom. The summed E-state index contributed by atoms with van der Waals surface area (Å²) in [5.74, 6) is -0.365. The summed E-state index contributed by atoms with van der Waals surface area (Å²) < 4.78 is 24.9. The van der Waals surface area contributed by atoms with E-state index in [0.717, 1.165) is 12.0 Å². The molecule has 2 aromatic carbocycles. The van der Waals surface area contributed by atoms with Crippen molar-refractivity contribution in [3.8, 4) is 11.5 Å². The van der Waals surface area contributed by atoms with E-state index in [4.69, 9.17) is 9.47 Å². The maximum Gasteiger partial charge on any atom is 0.257 e. The summed E-state index contributed by atoms with van der Waals surface area (Å²) in [4.78, 5) is 14.9. The molecule has 0 bridgehead atoms. The summed E-state index contributed by atoms with van der Waals surface area (Å²) in [6.45, 7) is 3.91. The monoisotopic (exact) mass is 372 g/mol. The van der Waals surface area contributed by atoms with Crippen LogP contribution in [-0.2, 0) is 6.42 Å². The topological polar surface area (TPSA) is 50.8 Å². The smallest absolute Gasteiger partial charge is 0.257 e. The second-order valence-corrected chi connectivity index (χ2v) is 6.50. The maximum atomic E-state index is 14.6. The Bertz CT molecular complexity index is 808. The number of nitrogens with one attached hydrogen (secondary N) is 1. The van der Waals surface area contributed by atoms with Gasteiger partial charge in [-0.2, -0.15) is 0 Å². The van der Waals surface area contributed by atoms with Gasteiger partial charge in [-0.25, -0.2) is 4.39 Å². The van der Waals surface area contributed by atoms with Gasteiger partial charge in [0.1, 0.15) is 5.82 Å². The predicted molar refractivity (Wildman–Crippen MR) is 102 cm³/mol. The minimum Gasteiger partial charge on any atom is -0.493 e. The third-order valence-electron chi connectivity index (χ3n) is 4.98. The fraction of sp³-hybridized carbons (Fsp3) is 0.381. The van der Waals surface area contributed by atoms with E-state index in [1.807, 2.05) is 12.1 Å². The highest BCUT2D eigenvalue weighted by Crippen LogP contribution is 2.32. The molecular weight excluding hydrogens is 347 g/mol. The van der Waals surface area contributed by atoms with E-state index < -0.39 is 5.82 Å². The maximum absolute atomic E-state index is 14.6. The molecule has 0 saturated carbocycles. The van der Waals surface area contributed by atoms with Gasteiger partial charge in [-0.1, -0.05) is 31.2 Å². The summed E-state index contributed by atoms with van der Waals surface area (Å²) in [7, 11) is 2.90. The third-order valence-corrected chi connectivity index (χ3v) is 4.98. The lowest BCUT2D eigenvalue weighted by Crippen LogP contribution is -2.48. The van der Waals surface area contributed by atoms with Crippen LogP contribution in [0, 0.1) is 5.82 Å². The number of methoxy groups -OCH3 is 2. The van der Waals surface area contributed by atoms with Crippen molar-refractivity contribution in [1.29, 1.82) is 0 Å². The van der Waals surface area contributed by atoms with Crippen LogP contribution in [0.25, 0.3) is 0 Å². The first-order valence-corrected chi connectivity index (χ1v) is 9.11. The van der Waals surface area contributed by atoms with Crippen molar-refractivity contribution in [3.63, 3.8) is 0 Å². The van der Waals surface area contributed by atoms with Crippen LogP contribution in [-0.4, -0.2) is 44.7 Å². The Morgan fingerprint density at radius 2 is 1.85 bits per heavy atom. The normalized spacial score (nSPS) is 16.9. The Kier molecular flexibility index (Phi) is 5.96. The number of halogens is 1. The molecule has 27 heavy (non-hydrogen) atoms. The number of hydrogen-bond acceptors (Lipinski definition) is 4. The van der Waals surface area contributed by atoms with Gasteiger partial charge >= 0.3 is 0 Å². The van der Waals surface area contributed by atoms with Crippen molar-refractivity contribution >= 4 is 5.91 Å². The predicted octanol–water partition coefficient (Wildman–Crippen LogP) is 3.19. The van der Waals surface area contributed by atoms with E-state index in [1.165, 1.54) is 31.9 Å². The molecule has 1 fully saturated rings. The van der Waals surface area contributed by atoms with E-state index in [1.54, 1.807) is 4.90 Å². The van der Waals surface area contributed by atoms with Gasteiger partial charge in [-0.3, -0.25) is 4.79 Å². The first kappa shape index (κ1) is 19.2. The standard InChI is InChI=1S/C21H25FN2O3/c1-4-14-5-7-15(8-6-14)18-13-23-9-10-24(18)21(25)16-11-19(26-2)20(27-3)12-17(16)22/h5-8,11-12,18,23H,4,9-10,13H2,1-3H3. The summed E-state index contributed by atoms with van der Waals surface area (Å²) in [5, 5.41) is 3.32. The van der Waals surface area contributed by atoms with E-state index in [0.29, 0.717) is 25.4 Å². The van der Waals surface area contributed by atoms with Crippen LogP contribution in [0.15, 0.2) is 36.4 Å². The molecule has 1 aliphatic rings. The van der Waals surface area contributed by atoms with Gasteiger partial charge in [0.2, 0.25) is 0 Å². The average Bonchev–Trinajstić information content (AvgIpc) is 2.73. The minimum atomic E-state index is -0.615. The van der Waals surface area contributed by atoms with E-state index in [9.17, 15) is 9.18 Å². The second kappa shape index (κ2) is 8.39. The lowest BCUT2D eigenvalue weighted by atomic mass is 9.99. The van der Waals surface area contributed by atoms with E-state index in [-0.39, 0.29) is 23.3 Å². The molecule has 1 N–H and O–H groups in total. The van der Waals surface area contributed by atoms with Crippen molar-refractivity contribution < 1.29 is 18.7 Å². The molecule has 0 radical (unpaired) electrons. The molecule has 1 aliphatic heterocycles. The number of amides is 1. The zero-order valence-corrected chi connectivity index (χ0v) is 15.9. The second-order valence-electron chi connectivity index (χ2n) is 6.50. The number of carbonyl (C=O) groups is 1. The molecule has 1 heterocycles. The lowest BCUT2D eigenvalue weighted by molar-refractivity contribution is 0.0629. The summed E-state index contributed by atoms with van der Waals surface area (Å²) in [6.07, 6.45) is 0.961. The molecule has 1 unspecified atom stereocenters. The molecule has 0 spiro atoms. The fourth-order valence-electron chi connectivity index (χ4n) is 3.39. The summed E-state index contributed by atoms with van der Waals surface area (Å²) >= 11 is 0. The zero-order valence-electron chi connectivity index (χ0n) is 15.9. The first-order valence-electron chi connectivity index (χ1n) is 9.11. The Balaban J connectivity index is 1.93. The van der Waals surface area contributed by atoms with Crippen LogP contribution >= 0.6 is 0 Å². The quantitative estimate of drug-likeness (QED) is 0.876. The molecule has 1 amide bonds. The summed E-state index contributed by atoms with van der Waals surface area (Å²) in [6, 6.07) is 10.7. The number of hydrogen-bond donors (Lipinski definition) is 1. The number of rotatable bonds is 5. The SMILES string of the molecule is CCc1ccc(C2CNCCN2C(=O)c2cc(OC)c(OC)cc2F)cc1. The highest BCUT2D eigenvalue weighted by molar-refractivity contribution is 5.95. The van der Waals surface area contributed by atoms with Gasteiger partial charge in [-0.15, -0.1) is 0 Å². The van der Waals surface area contributed by atoms with Crippen LogP contribution in [0.4, 0.5) is 4.39 Å². The molecule has 2 aromatic rings. The highest BCUT2D eigenvalue weighted by Gasteiger charge is 2.30. The molecule has 3 rings (SSSR count). The number of nitrogens with zero attached hydrogens (tertiary/aromatic N) is 1. The Labute approximate surface area is 159 Å². The van der Waals surface area contributed by atoms with Crippen molar-refractivity contribution in [2.24, 2.45) is 0 Å². The molecular formula is C21H25FN2O3. The van der Waals surface area contributed by atoms with E-state index >= 15 is 0 Å².